The van der Waals surface area contributed by atoms with Gasteiger partial charge in [-0.1, -0.05) is 37.2 Å². The van der Waals surface area contributed by atoms with Crippen molar-refractivity contribution in [2.24, 2.45) is 0 Å². The van der Waals surface area contributed by atoms with Crippen molar-refractivity contribution in [1.82, 2.24) is 9.88 Å². The van der Waals surface area contributed by atoms with Crippen LogP contribution < -0.4 is 5.32 Å². The van der Waals surface area contributed by atoms with E-state index in [-0.39, 0.29) is 27.4 Å². The molecule has 1 unspecified atom stereocenters. The first-order valence-electron chi connectivity index (χ1n) is 8.74. The highest BCUT2D eigenvalue weighted by Crippen LogP contribution is 2.37. The number of anilines is 1. The summed E-state index contributed by atoms with van der Waals surface area (Å²) >= 11 is 6.74. The summed E-state index contributed by atoms with van der Waals surface area (Å²) in [5, 5.41) is 3.26. The summed E-state index contributed by atoms with van der Waals surface area (Å²) in [4.78, 5) is 5.69. The maximum Gasteiger partial charge on any atom is 0.434 e. The SMILES string of the molecule is C=C(Cl)C(C)Nc1nc(C(F)(F)F)c(CN(CCC)Cc2cccc(F)c2)s1. The molecule has 0 aliphatic carbocycles. The molecule has 0 bridgehead atoms. The molecule has 1 N–H and O–H groups in total. The van der Waals surface area contributed by atoms with Crippen molar-refractivity contribution in [2.75, 3.05) is 11.9 Å². The average Bonchev–Trinajstić information content (AvgIpc) is 2.97. The van der Waals surface area contributed by atoms with Gasteiger partial charge in [0.25, 0.3) is 0 Å². The Hall–Kier alpha value is -1.64. The van der Waals surface area contributed by atoms with Crippen molar-refractivity contribution in [3.05, 3.63) is 57.8 Å². The summed E-state index contributed by atoms with van der Waals surface area (Å²) in [5.74, 6) is -0.371. The zero-order chi connectivity index (χ0) is 20.9. The van der Waals surface area contributed by atoms with Crippen LogP contribution in [0.5, 0.6) is 0 Å². The number of nitrogens with one attached hydrogen (secondary N) is 1. The van der Waals surface area contributed by atoms with Crippen LogP contribution in [0.4, 0.5) is 22.7 Å². The highest BCUT2D eigenvalue weighted by atomic mass is 35.5. The maximum atomic E-state index is 13.5. The molecule has 0 aliphatic rings. The quantitative estimate of drug-likeness (QED) is 0.471. The second-order valence-electron chi connectivity index (χ2n) is 6.44. The van der Waals surface area contributed by atoms with E-state index in [1.807, 2.05) is 11.8 Å². The number of hydrogen-bond donors (Lipinski definition) is 1. The molecule has 0 spiro atoms. The lowest BCUT2D eigenvalue weighted by molar-refractivity contribution is -0.141. The largest absolute Gasteiger partial charge is 0.434 e. The van der Waals surface area contributed by atoms with Crippen molar-refractivity contribution in [2.45, 2.75) is 45.6 Å². The fourth-order valence-corrected chi connectivity index (χ4v) is 3.80. The van der Waals surface area contributed by atoms with Crippen molar-refractivity contribution >= 4 is 28.1 Å². The molecule has 2 aromatic rings. The van der Waals surface area contributed by atoms with Gasteiger partial charge in [0.2, 0.25) is 0 Å². The molecular formula is C19H22ClF4N3S. The molecule has 0 saturated heterocycles. The number of hydrogen-bond acceptors (Lipinski definition) is 4. The molecule has 0 aliphatic heterocycles. The molecule has 2 rings (SSSR count). The van der Waals surface area contributed by atoms with Crippen LogP contribution in [0.25, 0.3) is 0 Å². The van der Waals surface area contributed by atoms with Crippen LogP contribution in [0.15, 0.2) is 35.9 Å². The van der Waals surface area contributed by atoms with Crippen LogP contribution in [0.1, 0.15) is 36.4 Å². The molecule has 0 amide bonds. The summed E-state index contributed by atoms with van der Waals surface area (Å²) in [7, 11) is 0. The van der Waals surface area contributed by atoms with Crippen molar-refractivity contribution in [3.63, 3.8) is 0 Å². The van der Waals surface area contributed by atoms with E-state index in [4.69, 9.17) is 11.6 Å². The third kappa shape index (κ3) is 6.46. The van der Waals surface area contributed by atoms with Gasteiger partial charge in [-0.2, -0.15) is 13.2 Å². The van der Waals surface area contributed by atoms with Gasteiger partial charge < -0.3 is 5.32 Å². The number of alkyl halides is 3. The lowest BCUT2D eigenvalue weighted by Gasteiger charge is -2.22. The Balaban J connectivity index is 2.26. The molecule has 28 heavy (non-hydrogen) atoms. The van der Waals surface area contributed by atoms with E-state index >= 15 is 0 Å². The molecule has 1 atom stereocenters. The molecule has 0 fully saturated rings. The minimum absolute atomic E-state index is 0.0642. The van der Waals surface area contributed by atoms with Crippen molar-refractivity contribution < 1.29 is 17.6 Å². The van der Waals surface area contributed by atoms with Crippen LogP contribution in [-0.2, 0) is 19.3 Å². The topological polar surface area (TPSA) is 28.2 Å². The van der Waals surface area contributed by atoms with Gasteiger partial charge in [-0.15, -0.1) is 11.3 Å². The Morgan fingerprint density at radius 2 is 2.07 bits per heavy atom. The van der Waals surface area contributed by atoms with E-state index in [1.54, 1.807) is 19.1 Å². The highest BCUT2D eigenvalue weighted by Gasteiger charge is 2.38. The zero-order valence-electron chi connectivity index (χ0n) is 15.6. The number of halogens is 5. The zero-order valence-corrected chi connectivity index (χ0v) is 17.2. The first-order chi connectivity index (χ1) is 13.1. The molecular weight excluding hydrogens is 414 g/mol. The second-order valence-corrected chi connectivity index (χ2v) is 8.01. The molecule has 1 aromatic carbocycles. The van der Waals surface area contributed by atoms with Gasteiger partial charge in [0, 0.05) is 18.1 Å². The van der Waals surface area contributed by atoms with Crippen LogP contribution in [0, 0.1) is 5.82 Å². The number of benzene rings is 1. The van der Waals surface area contributed by atoms with Crippen LogP contribution in [0.3, 0.4) is 0 Å². The molecule has 3 nitrogen and oxygen atoms in total. The molecule has 1 heterocycles. The number of rotatable bonds is 9. The summed E-state index contributed by atoms with van der Waals surface area (Å²) < 4.78 is 53.9. The van der Waals surface area contributed by atoms with Gasteiger partial charge in [0.1, 0.15) is 5.82 Å². The third-order valence-corrected chi connectivity index (χ3v) is 5.28. The van der Waals surface area contributed by atoms with E-state index in [0.29, 0.717) is 18.7 Å². The first-order valence-corrected chi connectivity index (χ1v) is 9.94. The van der Waals surface area contributed by atoms with Gasteiger partial charge in [0.15, 0.2) is 10.8 Å². The molecule has 0 saturated carbocycles. The summed E-state index contributed by atoms with van der Waals surface area (Å²) in [6.07, 6.45) is -3.81. The smallest absolute Gasteiger partial charge is 0.354 e. The number of thiazole rings is 1. The Labute approximate surface area is 171 Å². The number of nitrogens with zero attached hydrogens (tertiary/aromatic N) is 2. The second kappa shape index (κ2) is 9.71. The minimum Gasteiger partial charge on any atom is -0.354 e. The Bertz CT molecular complexity index is 807. The van der Waals surface area contributed by atoms with E-state index in [2.05, 4.69) is 16.9 Å². The maximum absolute atomic E-state index is 13.5. The molecule has 154 valence electrons. The van der Waals surface area contributed by atoms with E-state index in [0.717, 1.165) is 17.8 Å². The number of aromatic nitrogens is 1. The Morgan fingerprint density at radius 3 is 2.64 bits per heavy atom. The molecule has 1 aromatic heterocycles. The van der Waals surface area contributed by atoms with Crippen LogP contribution >= 0.6 is 22.9 Å². The lowest BCUT2D eigenvalue weighted by atomic mass is 10.2. The third-order valence-electron chi connectivity index (χ3n) is 3.98. The standard InChI is InChI=1S/C19H22ClF4N3S/c1-4-8-27(10-14-6-5-7-15(21)9-14)11-16-17(19(22,23)24)26-18(28-16)25-13(3)12(2)20/h5-7,9,13H,2,4,8,10-11H2,1,3H3,(H,25,26). The van der Waals surface area contributed by atoms with E-state index in [9.17, 15) is 17.6 Å². The van der Waals surface area contributed by atoms with E-state index in [1.165, 1.54) is 12.1 Å². The molecule has 9 heteroatoms. The fourth-order valence-electron chi connectivity index (χ4n) is 2.63. The van der Waals surface area contributed by atoms with Crippen molar-refractivity contribution in [1.29, 1.82) is 0 Å². The fraction of sp³-hybridized carbons (Fsp3) is 0.421. The first kappa shape index (κ1) is 22.6. The highest BCUT2D eigenvalue weighted by molar-refractivity contribution is 7.15. The lowest BCUT2D eigenvalue weighted by Crippen LogP contribution is -2.24. The van der Waals surface area contributed by atoms with E-state index < -0.39 is 17.9 Å². The van der Waals surface area contributed by atoms with Crippen LogP contribution in [-0.4, -0.2) is 22.5 Å². The predicted molar refractivity (Wildman–Crippen MR) is 106 cm³/mol. The van der Waals surface area contributed by atoms with Gasteiger partial charge in [-0.25, -0.2) is 9.37 Å². The molecule has 0 radical (unpaired) electrons. The van der Waals surface area contributed by atoms with Gasteiger partial charge in [-0.3, -0.25) is 4.90 Å². The summed E-state index contributed by atoms with van der Waals surface area (Å²) in [6, 6.07) is 5.65. The Kier molecular flexibility index (Phi) is 7.86. The monoisotopic (exact) mass is 435 g/mol. The van der Waals surface area contributed by atoms with Gasteiger partial charge >= 0.3 is 6.18 Å². The normalized spacial score (nSPS) is 13.0. The van der Waals surface area contributed by atoms with Gasteiger partial charge in [-0.05, 0) is 37.6 Å². The van der Waals surface area contributed by atoms with Gasteiger partial charge in [0.05, 0.1) is 10.9 Å². The Morgan fingerprint density at radius 1 is 1.36 bits per heavy atom. The predicted octanol–water partition coefficient (Wildman–Crippen LogP) is 6.27. The summed E-state index contributed by atoms with van der Waals surface area (Å²) in [6.45, 7) is 8.19. The van der Waals surface area contributed by atoms with Crippen molar-refractivity contribution in [3.8, 4) is 0 Å². The summed E-state index contributed by atoms with van der Waals surface area (Å²) in [5.41, 5.74) is -0.204. The average molecular weight is 436 g/mol. The van der Waals surface area contributed by atoms with Crippen LogP contribution in [0.2, 0.25) is 0 Å². The minimum atomic E-state index is -4.57.